The highest BCUT2D eigenvalue weighted by Gasteiger charge is 2.29. The van der Waals surface area contributed by atoms with Crippen molar-refractivity contribution in [1.82, 2.24) is 15.2 Å². The van der Waals surface area contributed by atoms with Gasteiger partial charge < -0.3 is 10.2 Å². The molecule has 0 saturated carbocycles. The summed E-state index contributed by atoms with van der Waals surface area (Å²) in [5.74, 6) is 0.922. The summed E-state index contributed by atoms with van der Waals surface area (Å²) >= 11 is 0. The van der Waals surface area contributed by atoms with Crippen LogP contribution < -0.4 is 5.32 Å². The van der Waals surface area contributed by atoms with E-state index < -0.39 is 5.82 Å². The lowest BCUT2D eigenvalue weighted by molar-refractivity contribution is 0.0644. The van der Waals surface area contributed by atoms with Gasteiger partial charge in [0.15, 0.2) is 0 Å². The number of pyridine rings is 1. The Bertz CT molecular complexity index is 494. The van der Waals surface area contributed by atoms with Crippen LogP contribution in [0.3, 0.4) is 0 Å². The SMILES string of the molecule is O=C(c1cncc(F)c1)N1CCC(C2CCCNC2)CC1. The Morgan fingerprint density at radius 3 is 2.71 bits per heavy atom. The second-order valence-corrected chi connectivity index (χ2v) is 6.13. The van der Waals surface area contributed by atoms with Gasteiger partial charge in [0, 0.05) is 19.3 Å². The zero-order valence-corrected chi connectivity index (χ0v) is 12.2. The molecule has 2 fully saturated rings. The summed E-state index contributed by atoms with van der Waals surface area (Å²) in [6.45, 7) is 3.81. The van der Waals surface area contributed by atoms with E-state index in [0.717, 1.165) is 51.1 Å². The van der Waals surface area contributed by atoms with Gasteiger partial charge in [-0.2, -0.15) is 0 Å². The number of nitrogens with one attached hydrogen (secondary N) is 1. The normalized spacial score (nSPS) is 24.0. The minimum atomic E-state index is -0.455. The zero-order chi connectivity index (χ0) is 14.7. The summed E-state index contributed by atoms with van der Waals surface area (Å²) in [6.07, 6.45) is 7.25. The number of aromatic nitrogens is 1. The molecule has 1 aromatic rings. The van der Waals surface area contributed by atoms with Gasteiger partial charge in [-0.1, -0.05) is 0 Å². The van der Waals surface area contributed by atoms with Crippen LogP contribution in [0.1, 0.15) is 36.0 Å². The van der Waals surface area contributed by atoms with Crippen molar-refractivity contribution in [3.05, 3.63) is 29.8 Å². The van der Waals surface area contributed by atoms with Crippen molar-refractivity contribution in [3.63, 3.8) is 0 Å². The van der Waals surface area contributed by atoms with Gasteiger partial charge >= 0.3 is 0 Å². The van der Waals surface area contributed by atoms with Gasteiger partial charge in [-0.05, 0) is 56.7 Å². The maximum atomic E-state index is 13.2. The molecule has 0 bridgehead atoms. The molecule has 1 amide bonds. The highest BCUT2D eigenvalue weighted by Crippen LogP contribution is 2.29. The minimum absolute atomic E-state index is 0.0952. The molecule has 3 heterocycles. The highest BCUT2D eigenvalue weighted by atomic mass is 19.1. The molecule has 5 heteroatoms. The van der Waals surface area contributed by atoms with Crippen molar-refractivity contribution in [3.8, 4) is 0 Å². The Hall–Kier alpha value is -1.49. The van der Waals surface area contributed by atoms with Crippen molar-refractivity contribution in [2.24, 2.45) is 11.8 Å². The lowest BCUT2D eigenvalue weighted by Gasteiger charge is -2.37. The van der Waals surface area contributed by atoms with Gasteiger partial charge in [0.25, 0.3) is 5.91 Å². The molecule has 1 N–H and O–H groups in total. The molecule has 1 atom stereocenters. The van der Waals surface area contributed by atoms with Crippen LogP contribution >= 0.6 is 0 Å². The smallest absolute Gasteiger partial charge is 0.255 e. The Morgan fingerprint density at radius 1 is 1.24 bits per heavy atom. The number of carbonyl (C=O) groups is 1. The number of rotatable bonds is 2. The number of nitrogens with zero attached hydrogens (tertiary/aromatic N) is 2. The van der Waals surface area contributed by atoms with Gasteiger partial charge in [0.2, 0.25) is 0 Å². The van der Waals surface area contributed by atoms with E-state index in [1.165, 1.54) is 25.1 Å². The maximum Gasteiger partial charge on any atom is 0.255 e. The van der Waals surface area contributed by atoms with Crippen LogP contribution in [0, 0.1) is 17.7 Å². The molecule has 0 aliphatic carbocycles. The van der Waals surface area contributed by atoms with E-state index in [-0.39, 0.29) is 5.91 Å². The first-order valence-corrected chi connectivity index (χ1v) is 7.84. The van der Waals surface area contributed by atoms with Gasteiger partial charge in [-0.15, -0.1) is 0 Å². The van der Waals surface area contributed by atoms with Crippen LogP contribution in [0.15, 0.2) is 18.5 Å². The first-order valence-electron chi connectivity index (χ1n) is 7.84. The Balaban J connectivity index is 1.56. The van der Waals surface area contributed by atoms with Gasteiger partial charge in [0.05, 0.1) is 11.8 Å². The lowest BCUT2D eigenvalue weighted by atomic mass is 9.80. The third-order valence-corrected chi connectivity index (χ3v) is 4.78. The number of halogens is 1. The van der Waals surface area contributed by atoms with Gasteiger partial charge in [0.1, 0.15) is 5.82 Å². The van der Waals surface area contributed by atoms with Crippen molar-refractivity contribution in [2.75, 3.05) is 26.2 Å². The average molecular weight is 291 g/mol. The first kappa shape index (κ1) is 14.4. The Morgan fingerprint density at radius 2 is 2.05 bits per heavy atom. The third-order valence-electron chi connectivity index (χ3n) is 4.78. The summed E-state index contributed by atoms with van der Waals surface area (Å²) in [5.41, 5.74) is 0.354. The highest BCUT2D eigenvalue weighted by molar-refractivity contribution is 5.93. The van der Waals surface area contributed by atoms with Crippen molar-refractivity contribution < 1.29 is 9.18 Å². The molecule has 4 nitrogen and oxygen atoms in total. The number of amides is 1. The predicted octanol–water partition coefficient (Wildman–Crippen LogP) is 2.07. The summed E-state index contributed by atoms with van der Waals surface area (Å²) in [5, 5.41) is 3.47. The van der Waals surface area contributed by atoms with E-state index in [1.54, 1.807) is 0 Å². The van der Waals surface area contributed by atoms with E-state index in [0.29, 0.717) is 11.5 Å². The Kier molecular flexibility index (Phi) is 4.48. The van der Waals surface area contributed by atoms with Crippen molar-refractivity contribution >= 4 is 5.91 Å². The molecule has 2 aliphatic rings. The fourth-order valence-electron chi connectivity index (χ4n) is 3.57. The topological polar surface area (TPSA) is 45.2 Å². The van der Waals surface area contributed by atoms with E-state index in [4.69, 9.17) is 0 Å². The summed E-state index contributed by atoms with van der Waals surface area (Å²) in [4.78, 5) is 17.9. The number of hydrogen-bond acceptors (Lipinski definition) is 3. The molecule has 0 spiro atoms. The van der Waals surface area contributed by atoms with Crippen molar-refractivity contribution in [2.45, 2.75) is 25.7 Å². The molecule has 3 rings (SSSR count). The van der Waals surface area contributed by atoms with E-state index in [1.807, 2.05) is 4.90 Å². The number of likely N-dealkylation sites (tertiary alicyclic amines) is 1. The molecule has 21 heavy (non-hydrogen) atoms. The quantitative estimate of drug-likeness (QED) is 0.907. The standard InChI is InChI=1S/C16H22FN3O/c17-15-8-14(10-19-11-15)16(21)20-6-3-12(4-7-20)13-2-1-5-18-9-13/h8,10-13,18H,1-7,9H2. The lowest BCUT2D eigenvalue weighted by Crippen LogP contribution is -2.43. The number of carbonyl (C=O) groups excluding carboxylic acids is 1. The van der Waals surface area contributed by atoms with Crippen LogP contribution in [0.25, 0.3) is 0 Å². The molecular weight excluding hydrogens is 269 g/mol. The van der Waals surface area contributed by atoms with Crippen LogP contribution in [0.5, 0.6) is 0 Å². The van der Waals surface area contributed by atoms with E-state index in [2.05, 4.69) is 10.3 Å². The average Bonchev–Trinajstić information content (AvgIpc) is 2.55. The number of piperidine rings is 2. The second-order valence-electron chi connectivity index (χ2n) is 6.13. The summed E-state index contributed by atoms with van der Waals surface area (Å²) < 4.78 is 13.2. The van der Waals surface area contributed by atoms with Gasteiger partial charge in [-0.25, -0.2) is 4.39 Å². The summed E-state index contributed by atoms with van der Waals surface area (Å²) in [7, 11) is 0. The largest absolute Gasteiger partial charge is 0.339 e. The minimum Gasteiger partial charge on any atom is -0.339 e. The molecule has 1 aromatic heterocycles. The molecule has 2 saturated heterocycles. The maximum absolute atomic E-state index is 13.2. The Labute approximate surface area is 124 Å². The molecule has 114 valence electrons. The zero-order valence-electron chi connectivity index (χ0n) is 12.2. The van der Waals surface area contributed by atoms with Crippen LogP contribution in [-0.4, -0.2) is 42.0 Å². The van der Waals surface area contributed by atoms with Crippen LogP contribution in [0.2, 0.25) is 0 Å². The van der Waals surface area contributed by atoms with Gasteiger partial charge in [-0.3, -0.25) is 9.78 Å². The van der Waals surface area contributed by atoms with Crippen LogP contribution in [-0.2, 0) is 0 Å². The molecule has 0 radical (unpaired) electrons. The monoisotopic (exact) mass is 291 g/mol. The summed E-state index contributed by atoms with van der Waals surface area (Å²) in [6, 6.07) is 1.27. The molecule has 2 aliphatic heterocycles. The van der Waals surface area contributed by atoms with E-state index >= 15 is 0 Å². The predicted molar refractivity (Wildman–Crippen MR) is 78.4 cm³/mol. The van der Waals surface area contributed by atoms with E-state index in [9.17, 15) is 9.18 Å². The fourth-order valence-corrected chi connectivity index (χ4v) is 3.57. The molecule has 1 unspecified atom stereocenters. The molecule has 0 aromatic carbocycles. The van der Waals surface area contributed by atoms with Crippen LogP contribution in [0.4, 0.5) is 4.39 Å². The fraction of sp³-hybridized carbons (Fsp3) is 0.625. The third kappa shape index (κ3) is 3.40. The number of hydrogen-bond donors (Lipinski definition) is 1. The first-order chi connectivity index (χ1) is 10.2. The second kappa shape index (κ2) is 6.52. The van der Waals surface area contributed by atoms with Crippen molar-refractivity contribution in [1.29, 1.82) is 0 Å². The molecular formula is C16H22FN3O.